The summed E-state index contributed by atoms with van der Waals surface area (Å²) in [5, 5.41) is 13.7. The molecule has 0 aliphatic rings. The molecule has 0 spiro atoms. The van der Waals surface area contributed by atoms with E-state index in [4.69, 9.17) is 4.74 Å². The number of nitrogens with one attached hydrogen (secondary N) is 1. The molecule has 25 heavy (non-hydrogen) atoms. The molecule has 6 heteroatoms. The highest BCUT2D eigenvalue weighted by Crippen LogP contribution is 2.21. The van der Waals surface area contributed by atoms with Gasteiger partial charge in [0, 0.05) is 22.9 Å². The average Bonchev–Trinajstić information content (AvgIpc) is 2.60. The number of rotatable bonds is 8. The van der Waals surface area contributed by atoms with E-state index < -0.39 is 4.92 Å². The summed E-state index contributed by atoms with van der Waals surface area (Å²) in [5.74, 6) is 0.361. The highest BCUT2D eigenvalue weighted by molar-refractivity contribution is 6.04. The second-order valence-corrected chi connectivity index (χ2v) is 5.79. The lowest BCUT2D eigenvalue weighted by atomic mass is 10.1. The summed E-state index contributed by atoms with van der Waals surface area (Å²) in [5.41, 5.74) is 1.31. The van der Waals surface area contributed by atoms with Crippen molar-refractivity contribution in [3.05, 3.63) is 63.7 Å². The van der Waals surface area contributed by atoms with E-state index in [1.807, 2.05) is 0 Å². The number of unbranched alkanes of at least 4 members (excludes halogenated alkanes) is 2. The van der Waals surface area contributed by atoms with Crippen molar-refractivity contribution in [1.29, 1.82) is 0 Å². The predicted octanol–water partition coefficient (Wildman–Crippen LogP) is 4.72. The lowest BCUT2D eigenvalue weighted by Gasteiger charge is -2.08. The van der Waals surface area contributed by atoms with Gasteiger partial charge in [0.1, 0.15) is 5.75 Å². The monoisotopic (exact) mass is 342 g/mol. The van der Waals surface area contributed by atoms with Crippen LogP contribution in [0.4, 0.5) is 11.4 Å². The molecule has 0 bridgehead atoms. The minimum absolute atomic E-state index is 0.0662. The van der Waals surface area contributed by atoms with Crippen molar-refractivity contribution in [2.24, 2.45) is 0 Å². The molecular formula is C19H22N2O4. The smallest absolute Gasteiger partial charge is 0.273 e. The molecule has 0 atom stereocenters. The highest BCUT2D eigenvalue weighted by atomic mass is 16.6. The maximum Gasteiger partial charge on any atom is 0.273 e. The van der Waals surface area contributed by atoms with E-state index in [9.17, 15) is 14.9 Å². The Morgan fingerprint density at radius 1 is 1.16 bits per heavy atom. The quantitative estimate of drug-likeness (QED) is 0.427. The largest absolute Gasteiger partial charge is 0.494 e. The van der Waals surface area contributed by atoms with Crippen molar-refractivity contribution in [3.63, 3.8) is 0 Å². The van der Waals surface area contributed by atoms with Crippen LogP contribution in [0, 0.1) is 17.0 Å². The van der Waals surface area contributed by atoms with Gasteiger partial charge in [-0.1, -0.05) is 25.8 Å². The van der Waals surface area contributed by atoms with Crippen LogP contribution in [0.25, 0.3) is 0 Å². The third kappa shape index (κ3) is 5.31. The van der Waals surface area contributed by atoms with Crippen LogP contribution in [0.3, 0.4) is 0 Å². The number of amides is 1. The SMILES string of the molecule is CCCCCOc1ccc(NC(=O)c2ccc(C)c([N+](=O)[O-])c2)cc1. The molecule has 2 aromatic carbocycles. The summed E-state index contributed by atoms with van der Waals surface area (Å²) in [6, 6.07) is 11.5. The van der Waals surface area contributed by atoms with Crippen molar-refractivity contribution in [2.45, 2.75) is 33.1 Å². The van der Waals surface area contributed by atoms with Crippen LogP contribution in [0.5, 0.6) is 5.75 Å². The van der Waals surface area contributed by atoms with Gasteiger partial charge >= 0.3 is 0 Å². The predicted molar refractivity (Wildman–Crippen MR) is 97.2 cm³/mol. The third-order valence-corrected chi connectivity index (χ3v) is 3.80. The van der Waals surface area contributed by atoms with Gasteiger partial charge < -0.3 is 10.1 Å². The second-order valence-electron chi connectivity index (χ2n) is 5.79. The maximum absolute atomic E-state index is 12.3. The first kappa shape index (κ1) is 18.4. The molecule has 0 fully saturated rings. The summed E-state index contributed by atoms with van der Waals surface area (Å²) >= 11 is 0. The van der Waals surface area contributed by atoms with E-state index >= 15 is 0 Å². The van der Waals surface area contributed by atoms with Gasteiger partial charge in [0.05, 0.1) is 11.5 Å². The number of nitro benzene ring substituents is 1. The molecule has 132 valence electrons. The number of hydrogen-bond acceptors (Lipinski definition) is 4. The highest BCUT2D eigenvalue weighted by Gasteiger charge is 2.15. The van der Waals surface area contributed by atoms with Gasteiger partial charge in [0.15, 0.2) is 0 Å². The first-order chi connectivity index (χ1) is 12.0. The molecule has 2 aromatic rings. The second kappa shape index (κ2) is 8.82. The Kier molecular flexibility index (Phi) is 6.51. The number of aryl methyl sites for hydroxylation is 1. The number of ether oxygens (including phenoxy) is 1. The van der Waals surface area contributed by atoms with E-state index in [2.05, 4.69) is 12.2 Å². The minimum Gasteiger partial charge on any atom is -0.494 e. The third-order valence-electron chi connectivity index (χ3n) is 3.80. The zero-order chi connectivity index (χ0) is 18.2. The van der Waals surface area contributed by atoms with Crippen LogP contribution in [-0.2, 0) is 0 Å². The zero-order valence-electron chi connectivity index (χ0n) is 14.5. The van der Waals surface area contributed by atoms with E-state index in [0.29, 0.717) is 17.9 Å². The Bertz CT molecular complexity index is 742. The summed E-state index contributed by atoms with van der Waals surface area (Å²) in [6.07, 6.45) is 3.30. The molecule has 2 rings (SSSR count). The van der Waals surface area contributed by atoms with E-state index in [1.54, 1.807) is 43.3 Å². The molecule has 0 aliphatic carbocycles. The molecular weight excluding hydrogens is 320 g/mol. The van der Waals surface area contributed by atoms with Crippen molar-refractivity contribution >= 4 is 17.3 Å². The fraction of sp³-hybridized carbons (Fsp3) is 0.316. The molecule has 0 aromatic heterocycles. The Hall–Kier alpha value is -2.89. The number of benzene rings is 2. The lowest BCUT2D eigenvalue weighted by molar-refractivity contribution is -0.385. The first-order valence-corrected chi connectivity index (χ1v) is 8.30. The van der Waals surface area contributed by atoms with E-state index in [1.165, 1.54) is 6.07 Å². The van der Waals surface area contributed by atoms with Crippen LogP contribution in [-0.4, -0.2) is 17.4 Å². The Balaban J connectivity index is 1.98. The van der Waals surface area contributed by atoms with Gasteiger partial charge in [-0.15, -0.1) is 0 Å². The van der Waals surface area contributed by atoms with Crippen LogP contribution >= 0.6 is 0 Å². The summed E-state index contributed by atoms with van der Waals surface area (Å²) < 4.78 is 5.62. The van der Waals surface area contributed by atoms with Crippen molar-refractivity contribution in [2.75, 3.05) is 11.9 Å². The Morgan fingerprint density at radius 3 is 2.52 bits per heavy atom. The first-order valence-electron chi connectivity index (χ1n) is 8.30. The zero-order valence-corrected chi connectivity index (χ0v) is 14.5. The van der Waals surface area contributed by atoms with Gasteiger partial charge in [-0.3, -0.25) is 14.9 Å². The molecule has 0 aliphatic heterocycles. The molecule has 0 heterocycles. The molecule has 6 nitrogen and oxygen atoms in total. The van der Waals surface area contributed by atoms with Crippen molar-refractivity contribution in [3.8, 4) is 5.75 Å². The molecule has 0 unspecified atom stereocenters. The van der Waals surface area contributed by atoms with Gasteiger partial charge in [0.2, 0.25) is 0 Å². The van der Waals surface area contributed by atoms with Crippen molar-refractivity contribution in [1.82, 2.24) is 0 Å². The van der Waals surface area contributed by atoms with Crippen LogP contribution in [0.15, 0.2) is 42.5 Å². The van der Waals surface area contributed by atoms with E-state index in [-0.39, 0.29) is 17.2 Å². The van der Waals surface area contributed by atoms with E-state index in [0.717, 1.165) is 25.0 Å². The topological polar surface area (TPSA) is 81.5 Å². The molecule has 0 saturated heterocycles. The number of nitrogens with zero attached hydrogens (tertiary/aromatic N) is 1. The average molecular weight is 342 g/mol. The van der Waals surface area contributed by atoms with Gasteiger partial charge in [-0.25, -0.2) is 0 Å². The van der Waals surface area contributed by atoms with Crippen LogP contribution in [0.2, 0.25) is 0 Å². The summed E-state index contributed by atoms with van der Waals surface area (Å²) in [7, 11) is 0. The Labute approximate surface area is 147 Å². The number of carbonyl (C=O) groups is 1. The van der Waals surface area contributed by atoms with Crippen LogP contribution in [0.1, 0.15) is 42.1 Å². The molecule has 0 radical (unpaired) electrons. The lowest BCUT2D eigenvalue weighted by Crippen LogP contribution is -2.12. The summed E-state index contributed by atoms with van der Waals surface area (Å²) in [4.78, 5) is 22.8. The Morgan fingerprint density at radius 2 is 1.88 bits per heavy atom. The minimum atomic E-state index is -0.489. The number of nitro groups is 1. The molecule has 1 N–H and O–H groups in total. The van der Waals surface area contributed by atoms with Gasteiger partial charge in [-0.05, 0) is 43.7 Å². The fourth-order valence-electron chi connectivity index (χ4n) is 2.33. The molecule has 1 amide bonds. The maximum atomic E-state index is 12.3. The van der Waals surface area contributed by atoms with Crippen molar-refractivity contribution < 1.29 is 14.5 Å². The number of anilines is 1. The normalized spacial score (nSPS) is 10.3. The number of carbonyl (C=O) groups excluding carboxylic acids is 1. The number of hydrogen-bond donors (Lipinski definition) is 1. The van der Waals surface area contributed by atoms with Crippen LogP contribution < -0.4 is 10.1 Å². The standard InChI is InChI=1S/C19H22N2O4/c1-3-4-5-12-25-17-10-8-16(9-11-17)20-19(22)15-7-6-14(2)18(13-15)21(23)24/h6-11,13H,3-5,12H2,1-2H3,(H,20,22). The van der Waals surface area contributed by atoms with Gasteiger partial charge in [-0.2, -0.15) is 0 Å². The molecule has 0 saturated carbocycles. The fourth-order valence-corrected chi connectivity index (χ4v) is 2.33. The van der Waals surface area contributed by atoms with Gasteiger partial charge in [0.25, 0.3) is 11.6 Å². The summed E-state index contributed by atoms with van der Waals surface area (Å²) in [6.45, 7) is 4.45.